The highest BCUT2D eigenvalue weighted by Crippen LogP contribution is 2.41. The number of hydrogen-bond acceptors (Lipinski definition) is 3. The molecule has 0 aliphatic heterocycles. The molecule has 5 heteroatoms. The van der Waals surface area contributed by atoms with Gasteiger partial charge in [-0.25, -0.2) is 15.0 Å². The number of fused-ring (bicyclic) bond motifs is 6. The molecule has 0 bridgehead atoms. The SMILES string of the molecule is c1ccc(-c2cccc(-c3ccc(-c4nc(-c5ccccc5)nc(-c5ccc(-c6cc(-c7ccccc7)ccc6-n6c7ccccc7c7ccccc76)cc5)n4)cc3-n3c4ccccc4c4ccccc43)c2)cc1. The minimum atomic E-state index is 0.591. The van der Waals surface area contributed by atoms with E-state index in [0.717, 1.165) is 72.5 Å². The smallest absolute Gasteiger partial charge is 0.164 e. The van der Waals surface area contributed by atoms with Gasteiger partial charge in [0.25, 0.3) is 0 Å². The maximum absolute atomic E-state index is 5.35. The van der Waals surface area contributed by atoms with Crippen LogP contribution in [0.15, 0.2) is 273 Å². The topological polar surface area (TPSA) is 48.5 Å². The van der Waals surface area contributed by atoms with Crippen LogP contribution < -0.4 is 0 Å². The number of para-hydroxylation sites is 4. The number of benzene rings is 11. The first kappa shape index (κ1) is 42.9. The van der Waals surface area contributed by atoms with Crippen molar-refractivity contribution in [2.24, 2.45) is 0 Å². The van der Waals surface area contributed by atoms with Gasteiger partial charge in [-0.3, -0.25) is 0 Å². The van der Waals surface area contributed by atoms with Crippen LogP contribution in [0.1, 0.15) is 0 Å². The van der Waals surface area contributed by atoms with Crippen LogP contribution in [0.4, 0.5) is 0 Å². The second-order valence-corrected chi connectivity index (χ2v) is 18.8. The highest BCUT2D eigenvalue weighted by atomic mass is 15.0. The van der Waals surface area contributed by atoms with Gasteiger partial charge in [0, 0.05) is 49.4 Å². The third kappa shape index (κ3) is 7.46. The number of rotatable bonds is 9. The van der Waals surface area contributed by atoms with E-state index in [1.54, 1.807) is 0 Å². The summed E-state index contributed by atoms with van der Waals surface area (Å²) in [7, 11) is 0. The Morgan fingerprint density at radius 2 is 0.568 bits per heavy atom. The number of hydrogen-bond donors (Lipinski definition) is 0. The maximum Gasteiger partial charge on any atom is 0.164 e. The quantitative estimate of drug-likeness (QED) is 0.145. The summed E-state index contributed by atoms with van der Waals surface area (Å²) in [5.74, 6) is 1.80. The molecule has 0 radical (unpaired) electrons. The first-order chi connectivity index (χ1) is 36.7. The van der Waals surface area contributed by atoms with Crippen molar-refractivity contribution in [2.75, 3.05) is 0 Å². The molecule has 11 aromatic carbocycles. The van der Waals surface area contributed by atoms with Crippen molar-refractivity contribution in [3.05, 3.63) is 273 Å². The van der Waals surface area contributed by atoms with E-state index < -0.39 is 0 Å². The van der Waals surface area contributed by atoms with Crippen molar-refractivity contribution in [1.29, 1.82) is 0 Å². The lowest BCUT2D eigenvalue weighted by Gasteiger charge is -2.17. The summed E-state index contributed by atoms with van der Waals surface area (Å²) in [6.45, 7) is 0. The highest BCUT2D eigenvalue weighted by molar-refractivity contribution is 6.11. The first-order valence-corrected chi connectivity index (χ1v) is 25.1. The van der Waals surface area contributed by atoms with Crippen LogP contribution in [0.25, 0.3) is 134 Å². The summed E-state index contributed by atoms with van der Waals surface area (Å²) < 4.78 is 4.81. The van der Waals surface area contributed by atoms with Gasteiger partial charge in [-0.2, -0.15) is 0 Å². The van der Waals surface area contributed by atoms with E-state index in [1.165, 1.54) is 43.7 Å². The highest BCUT2D eigenvalue weighted by Gasteiger charge is 2.21. The van der Waals surface area contributed by atoms with Crippen molar-refractivity contribution in [3.63, 3.8) is 0 Å². The van der Waals surface area contributed by atoms with Gasteiger partial charge in [-0.05, 0) is 81.9 Å². The van der Waals surface area contributed by atoms with Gasteiger partial charge in [0.1, 0.15) is 0 Å². The third-order valence-electron chi connectivity index (χ3n) is 14.4. The molecule has 0 saturated carbocycles. The second-order valence-electron chi connectivity index (χ2n) is 18.8. The predicted octanol–water partition coefficient (Wildman–Crippen LogP) is 17.7. The summed E-state index contributed by atoms with van der Waals surface area (Å²) in [4.78, 5) is 15.8. The molecule has 0 saturated heterocycles. The van der Waals surface area contributed by atoms with Gasteiger partial charge in [0.15, 0.2) is 17.5 Å². The average molecular weight is 944 g/mol. The van der Waals surface area contributed by atoms with E-state index in [9.17, 15) is 0 Å². The van der Waals surface area contributed by atoms with Gasteiger partial charge < -0.3 is 9.13 Å². The van der Waals surface area contributed by atoms with Crippen LogP contribution in [0.2, 0.25) is 0 Å². The Bertz CT molecular complexity index is 4300. The molecule has 3 heterocycles. The van der Waals surface area contributed by atoms with Gasteiger partial charge in [-0.15, -0.1) is 0 Å². The molecule has 0 atom stereocenters. The minimum absolute atomic E-state index is 0.591. The molecule has 74 heavy (non-hydrogen) atoms. The molecule has 3 aromatic heterocycles. The normalized spacial score (nSPS) is 11.5. The van der Waals surface area contributed by atoms with Crippen LogP contribution >= 0.6 is 0 Å². The monoisotopic (exact) mass is 943 g/mol. The van der Waals surface area contributed by atoms with E-state index in [2.05, 4.69) is 264 Å². The summed E-state index contributed by atoms with van der Waals surface area (Å²) in [5.41, 5.74) is 18.5. The molecule has 0 amide bonds. The Morgan fingerprint density at radius 3 is 1.09 bits per heavy atom. The molecule has 0 aliphatic carbocycles. The summed E-state index contributed by atoms with van der Waals surface area (Å²) in [6.07, 6.45) is 0. The zero-order valence-corrected chi connectivity index (χ0v) is 40.2. The van der Waals surface area contributed by atoms with Crippen LogP contribution in [0, 0.1) is 0 Å². The summed E-state index contributed by atoms with van der Waals surface area (Å²) >= 11 is 0. The van der Waals surface area contributed by atoms with E-state index in [0.29, 0.717) is 17.5 Å². The van der Waals surface area contributed by atoms with Crippen LogP contribution in [-0.2, 0) is 0 Å². The molecule has 0 unspecified atom stereocenters. The molecule has 0 N–H and O–H groups in total. The Balaban J connectivity index is 0.937. The van der Waals surface area contributed by atoms with E-state index in [-0.39, 0.29) is 0 Å². The van der Waals surface area contributed by atoms with Crippen LogP contribution in [0.5, 0.6) is 0 Å². The molecule has 346 valence electrons. The molecular weight excluding hydrogens is 899 g/mol. The van der Waals surface area contributed by atoms with Gasteiger partial charge >= 0.3 is 0 Å². The van der Waals surface area contributed by atoms with Gasteiger partial charge in [0.2, 0.25) is 0 Å². The molecule has 0 fully saturated rings. The van der Waals surface area contributed by atoms with Crippen molar-refractivity contribution >= 4 is 43.6 Å². The minimum Gasteiger partial charge on any atom is -0.309 e. The summed E-state index contributed by atoms with van der Waals surface area (Å²) in [6, 6.07) is 97.2. The lowest BCUT2D eigenvalue weighted by Crippen LogP contribution is -2.02. The number of aromatic nitrogens is 5. The van der Waals surface area contributed by atoms with Crippen molar-refractivity contribution in [1.82, 2.24) is 24.1 Å². The Hall–Kier alpha value is -9.97. The van der Waals surface area contributed by atoms with E-state index in [1.807, 2.05) is 18.2 Å². The fourth-order valence-corrected chi connectivity index (χ4v) is 10.9. The van der Waals surface area contributed by atoms with Crippen molar-refractivity contribution < 1.29 is 0 Å². The van der Waals surface area contributed by atoms with Crippen LogP contribution in [0.3, 0.4) is 0 Å². The maximum atomic E-state index is 5.35. The molecular formula is C69H45N5. The van der Waals surface area contributed by atoms with Gasteiger partial charge in [0.05, 0.1) is 33.4 Å². The Kier molecular flexibility index (Phi) is 10.4. The molecule has 5 nitrogen and oxygen atoms in total. The molecule has 14 aromatic rings. The Morgan fingerprint density at radius 1 is 0.203 bits per heavy atom. The third-order valence-corrected chi connectivity index (χ3v) is 14.4. The average Bonchev–Trinajstić information content (AvgIpc) is 4.01. The van der Waals surface area contributed by atoms with E-state index >= 15 is 0 Å². The lowest BCUT2D eigenvalue weighted by atomic mass is 9.96. The van der Waals surface area contributed by atoms with E-state index in [4.69, 9.17) is 15.0 Å². The first-order valence-electron chi connectivity index (χ1n) is 25.1. The zero-order chi connectivity index (χ0) is 49.0. The molecule has 0 aliphatic rings. The standard InChI is InChI=1S/C69H45N5/c1-4-19-46(20-5-1)51-25-18-26-53(43-51)55-41-39-54(45-66(55)74-63-33-16-12-29-58(63)59-30-13-17-34-64(59)74)69-71-67(49-23-8-3-9-24-49)70-68(72-69)50-37-35-48(36-38-50)60-44-52(47-21-6-2-7-22-47)40-42-65(60)73-61-31-14-10-27-56(61)57-28-11-15-32-62(57)73/h1-45H. The van der Waals surface area contributed by atoms with Crippen LogP contribution in [-0.4, -0.2) is 24.1 Å². The van der Waals surface area contributed by atoms with Crippen molar-refractivity contribution in [2.45, 2.75) is 0 Å². The zero-order valence-electron chi connectivity index (χ0n) is 40.2. The molecule has 0 spiro atoms. The van der Waals surface area contributed by atoms with Crippen molar-refractivity contribution in [3.8, 4) is 90.0 Å². The summed E-state index contributed by atoms with van der Waals surface area (Å²) in [5, 5.41) is 4.85. The molecule has 14 rings (SSSR count). The second kappa shape index (κ2) is 18.0. The lowest BCUT2D eigenvalue weighted by molar-refractivity contribution is 1.07. The predicted molar refractivity (Wildman–Crippen MR) is 307 cm³/mol. The fourth-order valence-electron chi connectivity index (χ4n) is 10.9. The Labute approximate surface area is 428 Å². The fraction of sp³-hybridized carbons (Fsp3) is 0. The number of nitrogens with zero attached hydrogens (tertiary/aromatic N) is 5. The largest absolute Gasteiger partial charge is 0.309 e. The van der Waals surface area contributed by atoms with Gasteiger partial charge in [-0.1, -0.05) is 224 Å².